The zero-order valence-electron chi connectivity index (χ0n) is 15.0. The van der Waals surface area contributed by atoms with E-state index in [1.807, 2.05) is 0 Å². The summed E-state index contributed by atoms with van der Waals surface area (Å²) in [6.07, 6.45) is 5.59. The minimum absolute atomic E-state index is 0.163. The van der Waals surface area contributed by atoms with E-state index in [2.05, 4.69) is 6.58 Å². The summed E-state index contributed by atoms with van der Waals surface area (Å²) in [5.74, 6) is 0. The molecular formula is C12H24N6O7Si3. The monoisotopic (exact) mass is 448 g/mol. The van der Waals surface area contributed by atoms with E-state index < -0.39 is 32.1 Å². The van der Waals surface area contributed by atoms with Crippen LogP contribution in [0.3, 0.4) is 0 Å². The zero-order chi connectivity index (χ0) is 21.3. The SMILES string of the molecule is C=COCCCC([SiH](OC=N)OC=N)([SiH](OC=N)OC=N)[SiH](OC=N)OC=N. The smallest absolute Gasteiger partial charge is 0.459 e. The van der Waals surface area contributed by atoms with E-state index in [-0.39, 0.29) is 13.0 Å². The molecule has 28 heavy (non-hydrogen) atoms. The van der Waals surface area contributed by atoms with Gasteiger partial charge < -0.3 is 31.3 Å². The standard InChI is InChI=1S/C12H24N6O7Si3/c1-2-19-5-3-4-12(26(20-6-13)21-7-14,27(22-8-15)23-9-16)28(24-10-17)25-11-18/h2,6-11,13-18,26-28H,1,3-5H2. The first-order chi connectivity index (χ1) is 13.6. The minimum Gasteiger partial charge on any atom is -0.505 e. The largest absolute Gasteiger partial charge is 0.505 e. The summed E-state index contributed by atoms with van der Waals surface area (Å²) in [6, 6.07) is 0. The molecule has 156 valence electrons. The van der Waals surface area contributed by atoms with Crippen LogP contribution >= 0.6 is 0 Å². The molecule has 0 aliphatic heterocycles. The van der Waals surface area contributed by atoms with Crippen molar-refractivity contribution in [2.75, 3.05) is 6.61 Å². The van der Waals surface area contributed by atoms with Crippen LogP contribution in [0, 0.1) is 32.5 Å². The lowest BCUT2D eigenvalue weighted by Crippen LogP contribution is -2.60. The molecule has 0 aliphatic carbocycles. The highest BCUT2D eigenvalue weighted by molar-refractivity contribution is 6.90. The third-order valence-corrected chi connectivity index (χ3v) is 14.2. The van der Waals surface area contributed by atoms with E-state index >= 15 is 0 Å². The molecule has 6 N–H and O–H groups in total. The summed E-state index contributed by atoms with van der Waals surface area (Å²) < 4.78 is 35.9. The Kier molecular flexibility index (Phi) is 13.5. The van der Waals surface area contributed by atoms with Crippen molar-refractivity contribution < 1.29 is 31.3 Å². The van der Waals surface area contributed by atoms with Crippen LogP contribution in [0.4, 0.5) is 0 Å². The fraction of sp³-hybridized carbons (Fsp3) is 0.333. The molecule has 0 amide bonds. The Bertz CT molecular complexity index is 454. The normalized spacial score (nSPS) is 15.0. The molecule has 0 heterocycles. The molecule has 0 radical (unpaired) electrons. The van der Waals surface area contributed by atoms with Crippen molar-refractivity contribution >= 4 is 66.3 Å². The molecule has 0 atom stereocenters. The van der Waals surface area contributed by atoms with Gasteiger partial charge in [-0.25, -0.2) is 0 Å². The molecule has 0 bridgehead atoms. The van der Waals surface area contributed by atoms with Crippen LogP contribution in [0.1, 0.15) is 12.8 Å². The van der Waals surface area contributed by atoms with Crippen molar-refractivity contribution in [3.05, 3.63) is 12.8 Å². The number of nitrogens with one attached hydrogen (secondary N) is 6. The first kappa shape index (κ1) is 25.0. The Morgan fingerprint density at radius 1 is 0.643 bits per heavy atom. The summed E-state index contributed by atoms with van der Waals surface area (Å²) in [4.78, 5) is 0. The lowest BCUT2D eigenvalue weighted by Gasteiger charge is -2.40. The molecule has 0 fully saturated rings. The Morgan fingerprint density at radius 3 is 1.21 bits per heavy atom. The molecule has 0 aromatic rings. The first-order valence-electron chi connectivity index (χ1n) is 7.71. The average Bonchev–Trinajstić information content (AvgIpc) is 2.68. The molecule has 13 nitrogen and oxygen atoms in total. The molecule has 0 aromatic heterocycles. The number of rotatable bonds is 20. The van der Waals surface area contributed by atoms with Crippen molar-refractivity contribution in [3.63, 3.8) is 0 Å². The van der Waals surface area contributed by atoms with E-state index in [0.29, 0.717) is 44.8 Å². The molecule has 0 unspecified atom stereocenters. The van der Waals surface area contributed by atoms with Gasteiger partial charge in [-0.1, -0.05) is 6.58 Å². The van der Waals surface area contributed by atoms with Gasteiger partial charge in [-0.15, -0.1) is 0 Å². The summed E-state index contributed by atoms with van der Waals surface area (Å²) >= 11 is 0. The lowest BCUT2D eigenvalue weighted by atomic mass is 10.3. The van der Waals surface area contributed by atoms with E-state index in [1.54, 1.807) is 0 Å². The summed E-state index contributed by atoms with van der Waals surface area (Å²) in [5.41, 5.74) is 0. The topological polar surface area (TPSA) is 208 Å². The van der Waals surface area contributed by atoms with Gasteiger partial charge in [0, 0.05) is 0 Å². The number of hydrogen-bond acceptors (Lipinski definition) is 13. The van der Waals surface area contributed by atoms with Gasteiger partial charge in [-0.05, 0) is 12.8 Å². The molecular weight excluding hydrogens is 424 g/mol. The van der Waals surface area contributed by atoms with Gasteiger partial charge in [0.15, 0.2) is 42.7 Å². The van der Waals surface area contributed by atoms with Crippen LogP contribution in [0.25, 0.3) is 0 Å². The predicted molar refractivity (Wildman–Crippen MR) is 109 cm³/mol. The molecule has 0 aromatic carbocycles. The highest BCUT2D eigenvalue weighted by atomic mass is 28.4. The van der Waals surface area contributed by atoms with Gasteiger partial charge in [0.05, 0.1) is 12.9 Å². The summed E-state index contributed by atoms with van der Waals surface area (Å²) in [6.45, 7) is 3.68. The van der Waals surface area contributed by atoms with Gasteiger partial charge in [0.1, 0.15) is 0 Å². The second kappa shape index (κ2) is 15.1. The van der Waals surface area contributed by atoms with Crippen LogP contribution in [0.5, 0.6) is 0 Å². The fourth-order valence-corrected chi connectivity index (χ4v) is 11.7. The second-order valence-electron chi connectivity index (χ2n) is 4.77. The zero-order valence-corrected chi connectivity index (χ0v) is 18.4. The highest BCUT2D eigenvalue weighted by Crippen LogP contribution is 2.43. The second-order valence-corrected chi connectivity index (χ2v) is 13.6. The van der Waals surface area contributed by atoms with Crippen molar-refractivity contribution in [1.82, 2.24) is 0 Å². The van der Waals surface area contributed by atoms with Crippen LogP contribution in [0.2, 0.25) is 4.28 Å². The van der Waals surface area contributed by atoms with Gasteiger partial charge >= 0.3 is 27.9 Å². The van der Waals surface area contributed by atoms with Crippen LogP contribution < -0.4 is 0 Å². The highest BCUT2D eigenvalue weighted by Gasteiger charge is 2.66. The molecule has 16 heteroatoms. The number of hydrogen-bond donors (Lipinski definition) is 6. The maximum atomic E-state index is 7.31. The summed E-state index contributed by atoms with van der Waals surface area (Å²) in [5, 5.41) is 43.8. The predicted octanol–water partition coefficient (Wildman–Crippen LogP) is 0.149. The Labute approximate surface area is 167 Å². The Hall–Kier alpha value is -2.99. The van der Waals surface area contributed by atoms with Crippen molar-refractivity contribution in [2.24, 2.45) is 0 Å². The molecule has 0 saturated heterocycles. The van der Waals surface area contributed by atoms with Gasteiger partial charge in [0.25, 0.3) is 0 Å². The third kappa shape index (κ3) is 6.96. The van der Waals surface area contributed by atoms with Crippen LogP contribution in [0.15, 0.2) is 12.8 Å². The molecule has 0 saturated carbocycles. The maximum Gasteiger partial charge on any atom is 0.459 e. The Balaban J connectivity index is 6.45. The fourth-order valence-electron chi connectivity index (χ4n) is 2.46. The van der Waals surface area contributed by atoms with Crippen molar-refractivity contribution in [3.8, 4) is 0 Å². The van der Waals surface area contributed by atoms with E-state index in [0.717, 1.165) is 0 Å². The van der Waals surface area contributed by atoms with E-state index in [1.165, 1.54) is 6.26 Å². The molecule has 0 aliphatic rings. The van der Waals surface area contributed by atoms with Crippen LogP contribution in [-0.2, 0) is 31.3 Å². The van der Waals surface area contributed by atoms with Crippen molar-refractivity contribution in [1.29, 1.82) is 32.5 Å². The average molecular weight is 449 g/mol. The first-order valence-corrected chi connectivity index (χ1v) is 12.3. The Morgan fingerprint density at radius 2 is 0.964 bits per heavy atom. The van der Waals surface area contributed by atoms with Crippen LogP contribution in [-0.4, -0.2) is 72.9 Å². The van der Waals surface area contributed by atoms with E-state index in [9.17, 15) is 0 Å². The minimum atomic E-state index is -3.14. The van der Waals surface area contributed by atoms with Gasteiger partial charge in [-0.3, -0.25) is 32.5 Å². The quantitative estimate of drug-likeness (QED) is 0.0498. The maximum absolute atomic E-state index is 7.31. The van der Waals surface area contributed by atoms with E-state index in [4.69, 9.17) is 63.7 Å². The molecule has 0 rings (SSSR count). The summed E-state index contributed by atoms with van der Waals surface area (Å²) in [7, 11) is -9.41. The lowest BCUT2D eigenvalue weighted by molar-refractivity contribution is 0.234. The van der Waals surface area contributed by atoms with Gasteiger partial charge in [-0.2, -0.15) is 0 Å². The number of ether oxygens (including phenoxy) is 1. The van der Waals surface area contributed by atoms with Crippen molar-refractivity contribution in [2.45, 2.75) is 17.1 Å². The van der Waals surface area contributed by atoms with Gasteiger partial charge in [0.2, 0.25) is 0 Å². The third-order valence-electron chi connectivity index (χ3n) is 3.46. The molecule has 0 spiro atoms.